The Hall–Kier alpha value is -4.63. The molecule has 1 aliphatic heterocycles. The molecule has 2 aromatic heterocycles. The third-order valence-electron chi connectivity index (χ3n) is 6.95. The Bertz CT molecular complexity index is 1650. The van der Waals surface area contributed by atoms with E-state index in [1.807, 2.05) is 24.8 Å². The van der Waals surface area contributed by atoms with Crippen LogP contribution in [0, 0.1) is 29.1 Å². The minimum Gasteiger partial charge on any atom is -0.436 e. The van der Waals surface area contributed by atoms with Crippen molar-refractivity contribution in [1.29, 1.82) is 5.26 Å². The van der Waals surface area contributed by atoms with Gasteiger partial charge < -0.3 is 9.32 Å². The Morgan fingerprint density at radius 1 is 1.10 bits per heavy atom. The lowest BCUT2D eigenvalue weighted by Crippen LogP contribution is -2.33. The minimum atomic E-state index is -4.41. The molecule has 3 heterocycles. The van der Waals surface area contributed by atoms with Gasteiger partial charge in [-0.1, -0.05) is 19.8 Å². The monoisotopic (exact) mass is 542 g/mol. The molecule has 1 saturated heterocycles. The molecule has 202 valence electrons. The van der Waals surface area contributed by atoms with Gasteiger partial charge in [-0.05, 0) is 73.2 Å². The van der Waals surface area contributed by atoms with E-state index in [-0.39, 0.29) is 17.6 Å². The van der Waals surface area contributed by atoms with E-state index in [4.69, 9.17) is 4.42 Å². The first kappa shape index (κ1) is 27.0. The summed E-state index contributed by atoms with van der Waals surface area (Å²) in [6, 6.07) is 15.0. The van der Waals surface area contributed by atoms with E-state index in [0.717, 1.165) is 17.8 Å². The number of halogens is 3. The average Bonchev–Trinajstić information content (AvgIpc) is 3.39. The molecule has 9 heteroatoms. The van der Waals surface area contributed by atoms with Gasteiger partial charge in [0.15, 0.2) is 5.58 Å². The van der Waals surface area contributed by atoms with E-state index in [1.54, 1.807) is 30.3 Å². The average molecular weight is 543 g/mol. The van der Waals surface area contributed by atoms with Crippen molar-refractivity contribution in [1.82, 2.24) is 9.97 Å². The highest BCUT2D eigenvalue weighted by atomic mass is 19.4. The van der Waals surface area contributed by atoms with Gasteiger partial charge in [0.25, 0.3) is 0 Å². The van der Waals surface area contributed by atoms with Crippen molar-refractivity contribution in [2.45, 2.75) is 38.8 Å². The number of Topliss-reactive ketones (excluding diaryl/α,β-unsaturated/α-hetero) is 1. The molecule has 6 nitrogen and oxygen atoms in total. The number of fused-ring (bicyclic) bond motifs is 1. The molecule has 0 radical (unpaired) electrons. The zero-order valence-corrected chi connectivity index (χ0v) is 21.9. The standard InChI is InChI=1S/C31H25F3N4O2/c1-19(2)25-15-21(17-35)16-26-29(25)40-30(37-26)23-6-4-22(5-7-23)27(39)9-3-20-11-13-38(14-12-20)28-10-8-24(18-36-28)31(32,33)34/h4-8,10,15-16,18-20H,11-14H2,1-2H3. The van der Waals surface area contributed by atoms with Crippen LogP contribution in [0.4, 0.5) is 19.0 Å². The number of carbonyl (C=O) groups is 1. The number of alkyl halides is 3. The van der Waals surface area contributed by atoms with Crippen molar-refractivity contribution in [2.24, 2.45) is 5.92 Å². The van der Waals surface area contributed by atoms with Gasteiger partial charge in [-0.2, -0.15) is 18.4 Å². The van der Waals surface area contributed by atoms with Crippen LogP contribution in [0.5, 0.6) is 0 Å². The van der Waals surface area contributed by atoms with Gasteiger partial charge in [0.1, 0.15) is 11.3 Å². The Morgan fingerprint density at radius 3 is 2.42 bits per heavy atom. The van der Waals surface area contributed by atoms with E-state index in [9.17, 15) is 23.2 Å². The summed E-state index contributed by atoms with van der Waals surface area (Å²) in [4.78, 5) is 23.2. The predicted molar refractivity (Wildman–Crippen MR) is 145 cm³/mol. The zero-order chi connectivity index (χ0) is 28.4. The lowest BCUT2D eigenvalue weighted by Gasteiger charge is -2.30. The Kier molecular flexibility index (Phi) is 7.32. The lowest BCUT2D eigenvalue weighted by molar-refractivity contribution is -0.137. The summed E-state index contributed by atoms with van der Waals surface area (Å²) >= 11 is 0. The van der Waals surface area contributed by atoms with Crippen molar-refractivity contribution in [2.75, 3.05) is 18.0 Å². The van der Waals surface area contributed by atoms with Gasteiger partial charge >= 0.3 is 6.18 Å². The van der Waals surface area contributed by atoms with Gasteiger partial charge in [-0.3, -0.25) is 4.79 Å². The number of piperidine rings is 1. The predicted octanol–water partition coefficient (Wildman–Crippen LogP) is 7.01. The number of pyridine rings is 1. The van der Waals surface area contributed by atoms with Crippen LogP contribution in [0.3, 0.4) is 0 Å². The molecule has 0 aliphatic carbocycles. The molecule has 4 aromatic rings. The number of carbonyl (C=O) groups excluding carboxylic acids is 1. The smallest absolute Gasteiger partial charge is 0.417 e. The number of ketones is 1. The number of oxazole rings is 1. The molecule has 1 fully saturated rings. The topological polar surface area (TPSA) is 83.0 Å². The van der Waals surface area contributed by atoms with Crippen LogP contribution < -0.4 is 4.90 Å². The maximum Gasteiger partial charge on any atom is 0.417 e. The van der Waals surface area contributed by atoms with Crippen LogP contribution in [0.25, 0.3) is 22.6 Å². The molecule has 2 aromatic carbocycles. The fraction of sp³-hybridized carbons (Fsp3) is 0.290. The van der Waals surface area contributed by atoms with Gasteiger partial charge in [-0.15, -0.1) is 0 Å². The van der Waals surface area contributed by atoms with Crippen LogP contribution in [0.15, 0.2) is 59.1 Å². The van der Waals surface area contributed by atoms with Crippen LogP contribution >= 0.6 is 0 Å². The molecule has 0 atom stereocenters. The van der Waals surface area contributed by atoms with Crippen LogP contribution in [0.2, 0.25) is 0 Å². The third-order valence-corrected chi connectivity index (χ3v) is 6.95. The number of rotatable bonds is 4. The first-order chi connectivity index (χ1) is 19.1. The molecule has 1 aliphatic rings. The Morgan fingerprint density at radius 2 is 1.82 bits per heavy atom. The number of hydrogen-bond donors (Lipinski definition) is 0. The quantitative estimate of drug-likeness (QED) is 0.157. The molecule has 0 spiro atoms. The molecule has 5 rings (SSSR count). The fourth-order valence-corrected chi connectivity index (χ4v) is 4.67. The SMILES string of the molecule is CC(C)c1cc(C#N)cc2nc(-c3ccc(C(=O)C#CC4CCN(c5ccc(C(F)(F)F)cn5)CC4)cc3)oc12. The fourth-order valence-electron chi connectivity index (χ4n) is 4.67. The van der Waals surface area contributed by atoms with E-state index >= 15 is 0 Å². The molecular weight excluding hydrogens is 517 g/mol. The second-order valence-corrected chi connectivity index (χ2v) is 10.0. The van der Waals surface area contributed by atoms with Crippen molar-refractivity contribution in [3.05, 3.63) is 77.0 Å². The maximum absolute atomic E-state index is 12.8. The summed E-state index contributed by atoms with van der Waals surface area (Å²) in [5.41, 5.74) is 3.09. The first-order valence-electron chi connectivity index (χ1n) is 12.9. The Balaban J connectivity index is 1.22. The summed E-state index contributed by atoms with van der Waals surface area (Å²) in [5.74, 6) is 6.59. The number of nitrogens with zero attached hydrogens (tertiary/aromatic N) is 4. The second-order valence-electron chi connectivity index (χ2n) is 10.0. The second kappa shape index (κ2) is 10.9. The molecule has 0 bridgehead atoms. The number of aromatic nitrogens is 2. The lowest BCUT2D eigenvalue weighted by atomic mass is 9.97. The Labute approximate surface area is 229 Å². The largest absolute Gasteiger partial charge is 0.436 e. The van der Waals surface area contributed by atoms with E-state index in [2.05, 4.69) is 27.9 Å². The van der Waals surface area contributed by atoms with Crippen LogP contribution in [-0.4, -0.2) is 28.8 Å². The first-order valence-corrected chi connectivity index (χ1v) is 12.9. The number of anilines is 1. The number of nitriles is 1. The van der Waals surface area contributed by atoms with Crippen LogP contribution in [0.1, 0.15) is 59.7 Å². The highest BCUT2D eigenvalue weighted by molar-refractivity contribution is 6.09. The normalized spacial score (nSPS) is 14.2. The number of hydrogen-bond acceptors (Lipinski definition) is 6. The summed E-state index contributed by atoms with van der Waals surface area (Å²) in [6.07, 6.45) is -2.19. The summed E-state index contributed by atoms with van der Waals surface area (Å²) < 4.78 is 44.4. The third kappa shape index (κ3) is 5.69. The van der Waals surface area contributed by atoms with Crippen molar-refractivity contribution < 1.29 is 22.4 Å². The molecule has 0 unspecified atom stereocenters. The van der Waals surface area contributed by atoms with Crippen molar-refractivity contribution >= 4 is 22.7 Å². The summed E-state index contributed by atoms with van der Waals surface area (Å²) in [6.45, 7) is 5.25. The van der Waals surface area contributed by atoms with Gasteiger partial charge in [0.2, 0.25) is 11.7 Å². The molecule has 0 amide bonds. The molecule has 40 heavy (non-hydrogen) atoms. The van der Waals surface area contributed by atoms with Crippen molar-refractivity contribution in [3.8, 4) is 29.4 Å². The van der Waals surface area contributed by atoms with E-state index in [1.165, 1.54) is 6.07 Å². The van der Waals surface area contributed by atoms with E-state index < -0.39 is 11.7 Å². The van der Waals surface area contributed by atoms with E-state index in [0.29, 0.717) is 65.4 Å². The molecular formula is C31H25F3N4O2. The van der Waals surface area contributed by atoms with Gasteiger partial charge in [0, 0.05) is 41.9 Å². The highest BCUT2D eigenvalue weighted by Gasteiger charge is 2.31. The zero-order valence-electron chi connectivity index (χ0n) is 21.9. The summed E-state index contributed by atoms with van der Waals surface area (Å²) in [7, 11) is 0. The van der Waals surface area contributed by atoms with Gasteiger partial charge in [0.05, 0.1) is 17.2 Å². The summed E-state index contributed by atoms with van der Waals surface area (Å²) in [5, 5.41) is 9.34. The molecule has 0 saturated carbocycles. The minimum absolute atomic E-state index is 0.0159. The van der Waals surface area contributed by atoms with Crippen molar-refractivity contribution in [3.63, 3.8) is 0 Å². The highest BCUT2D eigenvalue weighted by Crippen LogP contribution is 2.32. The number of benzene rings is 2. The maximum atomic E-state index is 12.8. The van der Waals surface area contributed by atoms with Crippen LogP contribution in [-0.2, 0) is 6.18 Å². The molecule has 0 N–H and O–H groups in total. The van der Waals surface area contributed by atoms with Gasteiger partial charge in [-0.25, -0.2) is 9.97 Å².